The highest BCUT2D eigenvalue weighted by molar-refractivity contribution is 6.62. The molecule has 1 aliphatic carbocycles. The number of ether oxygens (including phenoxy) is 1. The molecule has 2 fully saturated rings. The first-order valence-electron chi connectivity index (χ1n) is 12.0. The number of esters is 1. The summed E-state index contributed by atoms with van der Waals surface area (Å²) in [6.07, 6.45) is 1.79. The molecule has 0 N–H and O–H groups in total. The lowest BCUT2D eigenvalue weighted by molar-refractivity contribution is -0.119. The molecule has 6 heteroatoms. The van der Waals surface area contributed by atoms with Crippen LogP contribution in [0.4, 0.5) is 0 Å². The van der Waals surface area contributed by atoms with Gasteiger partial charge in [0.05, 0.1) is 22.2 Å². The minimum Gasteiger partial charge on any atom is -0.456 e. The van der Waals surface area contributed by atoms with Gasteiger partial charge in [0.25, 0.3) is 0 Å². The molecule has 1 saturated carbocycles. The molecule has 0 atom stereocenters. The molecule has 2 aromatic carbocycles. The first-order valence-corrected chi connectivity index (χ1v) is 12.0. The zero-order valence-electron chi connectivity index (χ0n) is 21.6. The molecule has 0 unspecified atom stereocenters. The van der Waals surface area contributed by atoms with Crippen LogP contribution < -0.4 is 5.46 Å². The molecule has 1 saturated heterocycles. The molecule has 34 heavy (non-hydrogen) atoms. The van der Waals surface area contributed by atoms with E-state index in [9.17, 15) is 9.59 Å². The number of hydrogen-bond donors (Lipinski definition) is 0. The summed E-state index contributed by atoms with van der Waals surface area (Å²) in [4.78, 5) is 25.4. The fraction of sp³-hybridized carbons (Fsp3) is 0.500. The van der Waals surface area contributed by atoms with Crippen LogP contribution in [0.1, 0.15) is 84.2 Å². The Morgan fingerprint density at radius 2 is 1.47 bits per heavy atom. The van der Waals surface area contributed by atoms with Crippen LogP contribution in [0.25, 0.3) is 11.1 Å². The number of carbonyl (C=O) groups excluding carboxylic acids is 2. The van der Waals surface area contributed by atoms with Crippen LogP contribution in [0, 0.1) is 0 Å². The summed E-state index contributed by atoms with van der Waals surface area (Å²) in [5, 5.41) is 0. The van der Waals surface area contributed by atoms with Crippen molar-refractivity contribution in [3.8, 4) is 11.1 Å². The van der Waals surface area contributed by atoms with Gasteiger partial charge in [-0.1, -0.05) is 36.4 Å². The Kier molecular flexibility index (Phi) is 5.85. The third-order valence-corrected chi connectivity index (χ3v) is 7.36. The van der Waals surface area contributed by atoms with Gasteiger partial charge in [0, 0.05) is 0 Å². The summed E-state index contributed by atoms with van der Waals surface area (Å²) >= 11 is 0. The molecule has 4 rings (SSSR count). The molecular formula is C28H35BO5. The fourth-order valence-corrected chi connectivity index (χ4v) is 4.38. The SMILES string of the molecule is CC(=O)C1(c2ccc(-c3ccc(B4OC(C)(C)C(C)(C)O4)cc3C(=O)OC(C)(C)C)cc2)CC1. The Hall–Kier alpha value is -2.44. The lowest BCUT2D eigenvalue weighted by Crippen LogP contribution is -2.41. The lowest BCUT2D eigenvalue weighted by Gasteiger charge is -2.32. The van der Waals surface area contributed by atoms with Crippen molar-refractivity contribution in [2.45, 2.75) is 90.4 Å². The fourth-order valence-electron chi connectivity index (χ4n) is 4.38. The molecule has 2 aromatic rings. The minimum absolute atomic E-state index is 0.210. The third kappa shape index (κ3) is 4.46. The standard InChI is InChI=1S/C28H35BO5/c1-18(30)28(15-16-28)20-11-9-19(10-12-20)22-14-13-21(17-23(22)24(31)32-25(2,3)4)29-33-26(5,6)27(7,8)34-29/h9-14,17H,15-16H2,1-8H3. The summed E-state index contributed by atoms with van der Waals surface area (Å²) in [5.74, 6) is -0.186. The van der Waals surface area contributed by atoms with Gasteiger partial charge in [-0.3, -0.25) is 4.79 Å². The monoisotopic (exact) mass is 462 g/mol. The van der Waals surface area contributed by atoms with Crippen LogP contribution in [0.15, 0.2) is 42.5 Å². The van der Waals surface area contributed by atoms with Crippen LogP contribution >= 0.6 is 0 Å². The second-order valence-corrected chi connectivity index (χ2v) is 11.6. The lowest BCUT2D eigenvalue weighted by atomic mass is 9.77. The van der Waals surface area contributed by atoms with Gasteiger partial charge in [-0.15, -0.1) is 0 Å². The van der Waals surface area contributed by atoms with Gasteiger partial charge in [0.2, 0.25) is 0 Å². The van der Waals surface area contributed by atoms with E-state index in [0.29, 0.717) is 5.56 Å². The van der Waals surface area contributed by atoms with E-state index in [1.807, 2.05) is 90.9 Å². The highest BCUT2D eigenvalue weighted by Crippen LogP contribution is 2.49. The Morgan fingerprint density at radius 3 is 1.94 bits per heavy atom. The second kappa shape index (κ2) is 8.06. The Bertz CT molecular complexity index is 1100. The van der Waals surface area contributed by atoms with E-state index in [0.717, 1.165) is 35.0 Å². The number of Topliss-reactive ketones (excluding diaryl/α,β-unsaturated/α-hetero) is 1. The molecule has 0 bridgehead atoms. The number of carbonyl (C=O) groups is 2. The summed E-state index contributed by atoms with van der Waals surface area (Å²) < 4.78 is 18.2. The van der Waals surface area contributed by atoms with Crippen molar-refractivity contribution in [3.63, 3.8) is 0 Å². The summed E-state index contributed by atoms with van der Waals surface area (Å²) in [5.41, 5.74) is 2.03. The Balaban J connectivity index is 1.72. The second-order valence-electron chi connectivity index (χ2n) is 11.6. The van der Waals surface area contributed by atoms with Crippen molar-refractivity contribution in [3.05, 3.63) is 53.6 Å². The maximum atomic E-state index is 13.3. The first kappa shape index (κ1) is 24.7. The Labute approximate surface area is 203 Å². The highest BCUT2D eigenvalue weighted by Gasteiger charge is 2.52. The van der Waals surface area contributed by atoms with Crippen molar-refractivity contribution in [2.24, 2.45) is 0 Å². The van der Waals surface area contributed by atoms with E-state index in [4.69, 9.17) is 14.0 Å². The first-order chi connectivity index (χ1) is 15.7. The molecule has 0 radical (unpaired) electrons. The van der Waals surface area contributed by atoms with Gasteiger partial charge in [-0.2, -0.15) is 0 Å². The number of ketones is 1. The molecule has 1 aliphatic heterocycles. The summed E-state index contributed by atoms with van der Waals surface area (Å²) in [6.45, 7) is 15.3. The molecule has 1 heterocycles. The quantitative estimate of drug-likeness (QED) is 0.450. The molecule has 0 aromatic heterocycles. The maximum Gasteiger partial charge on any atom is 0.494 e. The predicted molar refractivity (Wildman–Crippen MR) is 134 cm³/mol. The average Bonchev–Trinajstić information content (AvgIpc) is 3.50. The van der Waals surface area contributed by atoms with Crippen molar-refractivity contribution in [1.82, 2.24) is 0 Å². The molecule has 180 valence electrons. The third-order valence-electron chi connectivity index (χ3n) is 7.36. The minimum atomic E-state index is -0.627. The highest BCUT2D eigenvalue weighted by atomic mass is 16.7. The maximum absolute atomic E-state index is 13.3. The van der Waals surface area contributed by atoms with E-state index in [1.165, 1.54) is 0 Å². The predicted octanol–water partition coefficient (Wildman–Crippen LogP) is 5.23. The van der Waals surface area contributed by atoms with Crippen LogP contribution in [0.5, 0.6) is 0 Å². The normalized spacial score (nSPS) is 20.2. The zero-order chi connectivity index (χ0) is 25.1. The average molecular weight is 462 g/mol. The Morgan fingerprint density at radius 1 is 0.912 bits per heavy atom. The van der Waals surface area contributed by atoms with Crippen molar-refractivity contribution >= 4 is 24.3 Å². The van der Waals surface area contributed by atoms with E-state index >= 15 is 0 Å². The van der Waals surface area contributed by atoms with Crippen molar-refractivity contribution in [1.29, 1.82) is 0 Å². The van der Waals surface area contributed by atoms with Crippen LogP contribution in [0.2, 0.25) is 0 Å². The molecule has 2 aliphatic rings. The number of benzene rings is 2. The van der Waals surface area contributed by atoms with Crippen LogP contribution in [-0.2, 0) is 24.3 Å². The number of hydrogen-bond acceptors (Lipinski definition) is 5. The van der Waals surface area contributed by atoms with Crippen LogP contribution in [0.3, 0.4) is 0 Å². The van der Waals surface area contributed by atoms with Gasteiger partial charge < -0.3 is 14.0 Å². The molecule has 5 nitrogen and oxygen atoms in total. The van der Waals surface area contributed by atoms with Gasteiger partial charge in [-0.05, 0) is 96.5 Å². The smallest absolute Gasteiger partial charge is 0.456 e. The molecule has 0 amide bonds. The van der Waals surface area contributed by atoms with E-state index < -0.39 is 29.9 Å². The summed E-state index contributed by atoms with van der Waals surface area (Å²) in [6, 6.07) is 13.7. The van der Waals surface area contributed by atoms with Gasteiger partial charge >= 0.3 is 13.1 Å². The molecule has 0 spiro atoms. The van der Waals surface area contributed by atoms with Crippen LogP contribution in [-0.4, -0.2) is 35.7 Å². The van der Waals surface area contributed by atoms with Gasteiger partial charge in [-0.25, -0.2) is 4.79 Å². The summed E-state index contributed by atoms with van der Waals surface area (Å²) in [7, 11) is -0.576. The number of rotatable bonds is 5. The van der Waals surface area contributed by atoms with Crippen molar-refractivity contribution in [2.75, 3.05) is 0 Å². The van der Waals surface area contributed by atoms with E-state index in [1.54, 1.807) is 6.92 Å². The topological polar surface area (TPSA) is 61.8 Å². The molecular weight excluding hydrogens is 427 g/mol. The van der Waals surface area contributed by atoms with E-state index in [2.05, 4.69) is 0 Å². The van der Waals surface area contributed by atoms with Gasteiger partial charge in [0.1, 0.15) is 11.4 Å². The zero-order valence-corrected chi connectivity index (χ0v) is 21.6. The largest absolute Gasteiger partial charge is 0.494 e. The van der Waals surface area contributed by atoms with E-state index in [-0.39, 0.29) is 11.2 Å². The van der Waals surface area contributed by atoms with Crippen molar-refractivity contribution < 1.29 is 23.6 Å². The van der Waals surface area contributed by atoms with Gasteiger partial charge in [0.15, 0.2) is 0 Å².